The van der Waals surface area contributed by atoms with Crippen molar-refractivity contribution in [3.05, 3.63) is 48.3 Å². The van der Waals surface area contributed by atoms with Crippen molar-refractivity contribution in [1.82, 2.24) is 19.9 Å². The zero-order chi connectivity index (χ0) is 17.6. The summed E-state index contributed by atoms with van der Waals surface area (Å²) in [4.78, 5) is 16.7. The molecule has 0 aliphatic carbocycles. The van der Waals surface area contributed by atoms with Crippen LogP contribution in [0.15, 0.2) is 42.7 Å². The number of aromatic nitrogens is 3. The summed E-state index contributed by atoms with van der Waals surface area (Å²) in [7, 11) is 0. The molecule has 3 aromatic rings. The smallest absolute Gasteiger partial charge is 0.256 e. The fourth-order valence-corrected chi connectivity index (χ4v) is 2.63. The van der Waals surface area contributed by atoms with Gasteiger partial charge in [-0.1, -0.05) is 13.3 Å². The number of ether oxygens (including phenoxy) is 1. The van der Waals surface area contributed by atoms with Gasteiger partial charge in [0.05, 0.1) is 18.5 Å². The van der Waals surface area contributed by atoms with E-state index in [1.807, 2.05) is 37.3 Å². The summed E-state index contributed by atoms with van der Waals surface area (Å²) in [6.45, 7) is 5.34. The second-order valence-corrected chi connectivity index (χ2v) is 5.69. The number of benzene rings is 1. The molecular formula is C19H22N4O2. The van der Waals surface area contributed by atoms with Crippen molar-refractivity contribution in [2.45, 2.75) is 26.7 Å². The summed E-state index contributed by atoms with van der Waals surface area (Å²) in [6, 6.07) is 9.68. The normalized spacial score (nSPS) is 10.8. The highest BCUT2D eigenvalue weighted by Gasteiger charge is 2.15. The van der Waals surface area contributed by atoms with Crippen LogP contribution in [0.5, 0.6) is 5.75 Å². The summed E-state index contributed by atoms with van der Waals surface area (Å²) in [5, 5.41) is 7.28. The molecule has 2 heterocycles. The highest BCUT2D eigenvalue weighted by molar-refractivity contribution is 5.99. The lowest BCUT2D eigenvalue weighted by molar-refractivity contribution is 0.0954. The first-order valence-electron chi connectivity index (χ1n) is 8.58. The Bertz CT molecular complexity index is 855. The lowest BCUT2D eigenvalue weighted by Gasteiger charge is -2.07. The molecule has 6 nitrogen and oxygen atoms in total. The summed E-state index contributed by atoms with van der Waals surface area (Å²) >= 11 is 0. The average Bonchev–Trinajstić information content (AvgIpc) is 3.07. The SMILES string of the molecule is CCCCNC(=O)c1cnn2c(-c3ccc(OCC)cc3)ccnc12. The van der Waals surface area contributed by atoms with Gasteiger partial charge in [0.25, 0.3) is 5.91 Å². The number of carbonyl (C=O) groups is 1. The number of nitrogens with one attached hydrogen (secondary N) is 1. The lowest BCUT2D eigenvalue weighted by atomic mass is 10.1. The van der Waals surface area contributed by atoms with Gasteiger partial charge in [-0.15, -0.1) is 0 Å². The van der Waals surface area contributed by atoms with E-state index in [0.29, 0.717) is 24.4 Å². The Hall–Kier alpha value is -2.89. The fraction of sp³-hybridized carbons (Fsp3) is 0.316. The molecule has 0 radical (unpaired) electrons. The van der Waals surface area contributed by atoms with E-state index in [1.54, 1.807) is 16.9 Å². The molecule has 0 aliphatic heterocycles. The zero-order valence-corrected chi connectivity index (χ0v) is 14.5. The molecule has 0 unspecified atom stereocenters. The molecule has 1 amide bonds. The number of rotatable bonds is 7. The van der Waals surface area contributed by atoms with E-state index in [1.165, 1.54) is 0 Å². The fourth-order valence-electron chi connectivity index (χ4n) is 2.63. The maximum atomic E-state index is 12.3. The van der Waals surface area contributed by atoms with Crippen LogP contribution in [0.1, 0.15) is 37.0 Å². The number of hydrogen-bond donors (Lipinski definition) is 1. The molecule has 25 heavy (non-hydrogen) atoms. The van der Waals surface area contributed by atoms with E-state index in [2.05, 4.69) is 22.3 Å². The van der Waals surface area contributed by atoms with Gasteiger partial charge in [0.2, 0.25) is 0 Å². The van der Waals surface area contributed by atoms with Gasteiger partial charge in [0, 0.05) is 18.3 Å². The van der Waals surface area contributed by atoms with Gasteiger partial charge in [-0.05, 0) is 43.7 Å². The Morgan fingerprint density at radius 2 is 2.00 bits per heavy atom. The number of carbonyl (C=O) groups excluding carboxylic acids is 1. The van der Waals surface area contributed by atoms with Crippen molar-refractivity contribution < 1.29 is 9.53 Å². The molecule has 6 heteroatoms. The molecule has 0 aliphatic rings. The first-order chi connectivity index (χ1) is 12.2. The zero-order valence-electron chi connectivity index (χ0n) is 14.5. The summed E-state index contributed by atoms with van der Waals surface area (Å²) < 4.78 is 7.18. The van der Waals surface area contributed by atoms with Crippen LogP contribution in [-0.4, -0.2) is 33.7 Å². The number of amides is 1. The van der Waals surface area contributed by atoms with Gasteiger partial charge in [-0.2, -0.15) is 5.10 Å². The highest BCUT2D eigenvalue weighted by atomic mass is 16.5. The van der Waals surface area contributed by atoms with E-state index in [4.69, 9.17) is 4.74 Å². The van der Waals surface area contributed by atoms with E-state index < -0.39 is 0 Å². The van der Waals surface area contributed by atoms with Crippen molar-refractivity contribution in [1.29, 1.82) is 0 Å². The minimum Gasteiger partial charge on any atom is -0.494 e. The first-order valence-corrected chi connectivity index (χ1v) is 8.58. The summed E-state index contributed by atoms with van der Waals surface area (Å²) in [5.74, 6) is 0.688. The molecule has 0 atom stereocenters. The molecule has 0 fully saturated rings. The molecule has 0 bridgehead atoms. The summed E-state index contributed by atoms with van der Waals surface area (Å²) in [6.07, 6.45) is 5.26. The Morgan fingerprint density at radius 1 is 1.20 bits per heavy atom. The van der Waals surface area contributed by atoms with Gasteiger partial charge < -0.3 is 10.1 Å². The molecule has 1 aromatic carbocycles. The number of unbranched alkanes of at least 4 members (excludes halogenated alkanes) is 1. The van der Waals surface area contributed by atoms with Crippen LogP contribution < -0.4 is 10.1 Å². The van der Waals surface area contributed by atoms with Crippen molar-refractivity contribution in [3.63, 3.8) is 0 Å². The third-order valence-corrected chi connectivity index (χ3v) is 3.92. The Kier molecular flexibility index (Phi) is 5.28. The predicted octanol–water partition coefficient (Wildman–Crippen LogP) is 3.32. The summed E-state index contributed by atoms with van der Waals surface area (Å²) in [5.41, 5.74) is 2.90. The molecule has 1 N–H and O–H groups in total. The van der Waals surface area contributed by atoms with Gasteiger partial charge >= 0.3 is 0 Å². The standard InChI is InChI=1S/C19H22N4O2/c1-3-5-11-21-19(24)16-13-22-23-17(10-12-20-18(16)23)14-6-8-15(9-7-14)25-4-2/h6-10,12-13H,3-5,11H2,1-2H3,(H,21,24). The monoisotopic (exact) mass is 338 g/mol. The third kappa shape index (κ3) is 3.63. The molecule has 0 spiro atoms. The van der Waals surface area contributed by atoms with Gasteiger partial charge in [-0.3, -0.25) is 4.79 Å². The van der Waals surface area contributed by atoms with Crippen molar-refractivity contribution in [2.75, 3.05) is 13.2 Å². The molecule has 3 rings (SSSR count). The number of nitrogens with zero attached hydrogens (tertiary/aromatic N) is 3. The maximum Gasteiger partial charge on any atom is 0.256 e. The van der Waals surface area contributed by atoms with Gasteiger partial charge in [-0.25, -0.2) is 9.50 Å². The minimum absolute atomic E-state index is 0.139. The number of hydrogen-bond acceptors (Lipinski definition) is 4. The average molecular weight is 338 g/mol. The van der Waals surface area contributed by atoms with Crippen LogP contribution in [0.3, 0.4) is 0 Å². The Labute approximate surface area is 146 Å². The quantitative estimate of drug-likeness (QED) is 0.671. The first kappa shape index (κ1) is 17.0. The lowest BCUT2D eigenvalue weighted by Crippen LogP contribution is -2.24. The molecule has 130 valence electrons. The minimum atomic E-state index is -0.139. The predicted molar refractivity (Wildman–Crippen MR) is 96.8 cm³/mol. The van der Waals surface area contributed by atoms with Crippen molar-refractivity contribution >= 4 is 11.6 Å². The van der Waals surface area contributed by atoms with E-state index in [9.17, 15) is 4.79 Å². The van der Waals surface area contributed by atoms with Crippen molar-refractivity contribution in [2.24, 2.45) is 0 Å². The third-order valence-electron chi connectivity index (χ3n) is 3.92. The molecule has 0 saturated carbocycles. The highest BCUT2D eigenvalue weighted by Crippen LogP contribution is 2.23. The van der Waals surface area contributed by atoms with Crippen LogP contribution >= 0.6 is 0 Å². The molecule has 0 saturated heterocycles. The van der Waals surface area contributed by atoms with Crippen LogP contribution in [-0.2, 0) is 0 Å². The second-order valence-electron chi connectivity index (χ2n) is 5.69. The molecular weight excluding hydrogens is 316 g/mol. The Balaban J connectivity index is 1.91. The van der Waals surface area contributed by atoms with Crippen LogP contribution in [0.2, 0.25) is 0 Å². The second kappa shape index (κ2) is 7.79. The number of fused-ring (bicyclic) bond motifs is 1. The largest absolute Gasteiger partial charge is 0.494 e. The maximum absolute atomic E-state index is 12.3. The molecule has 2 aromatic heterocycles. The van der Waals surface area contributed by atoms with Crippen LogP contribution in [0, 0.1) is 0 Å². The van der Waals surface area contributed by atoms with Gasteiger partial charge in [0.1, 0.15) is 11.3 Å². The van der Waals surface area contributed by atoms with Crippen LogP contribution in [0.4, 0.5) is 0 Å². The Morgan fingerprint density at radius 3 is 2.72 bits per heavy atom. The van der Waals surface area contributed by atoms with E-state index in [-0.39, 0.29) is 5.91 Å². The van der Waals surface area contributed by atoms with E-state index in [0.717, 1.165) is 29.8 Å². The van der Waals surface area contributed by atoms with Crippen molar-refractivity contribution in [3.8, 4) is 17.0 Å². The topological polar surface area (TPSA) is 68.5 Å². The van der Waals surface area contributed by atoms with Crippen LogP contribution in [0.25, 0.3) is 16.9 Å². The van der Waals surface area contributed by atoms with E-state index >= 15 is 0 Å². The van der Waals surface area contributed by atoms with Gasteiger partial charge in [0.15, 0.2) is 5.65 Å².